The Bertz CT molecular complexity index is 574. The monoisotopic (exact) mass is 359 g/mol. The zero-order chi connectivity index (χ0) is 13.7. The summed E-state index contributed by atoms with van der Waals surface area (Å²) in [6.07, 6.45) is 1.76. The number of benzene rings is 1. The molecule has 19 heavy (non-hydrogen) atoms. The van der Waals surface area contributed by atoms with Crippen LogP contribution in [0, 0.1) is 5.82 Å². The van der Waals surface area contributed by atoms with Crippen molar-refractivity contribution in [3.63, 3.8) is 0 Å². The van der Waals surface area contributed by atoms with Crippen LogP contribution < -0.4 is 5.32 Å². The second-order valence-electron chi connectivity index (χ2n) is 3.57. The number of anilines is 1. The van der Waals surface area contributed by atoms with Crippen molar-refractivity contribution in [2.75, 3.05) is 11.9 Å². The lowest BCUT2D eigenvalue weighted by molar-refractivity contribution is 0.616. The summed E-state index contributed by atoms with van der Waals surface area (Å²) in [6.45, 7) is 4.27. The van der Waals surface area contributed by atoms with E-state index in [1.807, 2.05) is 6.07 Å². The van der Waals surface area contributed by atoms with Crippen LogP contribution in [0.25, 0.3) is 0 Å². The van der Waals surface area contributed by atoms with Gasteiger partial charge < -0.3 is 5.32 Å². The number of halogens is 2. The minimum Gasteiger partial charge on any atom is -0.357 e. The van der Waals surface area contributed by atoms with Gasteiger partial charge in [-0.25, -0.2) is 4.39 Å². The quantitative estimate of drug-likeness (QED) is 0.615. The van der Waals surface area contributed by atoms with Crippen molar-refractivity contribution >= 4 is 44.2 Å². The molecule has 0 spiro atoms. The molecule has 0 aliphatic rings. The van der Waals surface area contributed by atoms with Crippen LogP contribution in [0.15, 0.2) is 39.7 Å². The van der Waals surface area contributed by atoms with Gasteiger partial charge in [0.25, 0.3) is 0 Å². The van der Waals surface area contributed by atoms with E-state index in [0.717, 1.165) is 13.9 Å². The highest BCUT2D eigenvalue weighted by Crippen LogP contribution is 2.29. The zero-order valence-electron chi connectivity index (χ0n) is 9.90. The lowest BCUT2D eigenvalue weighted by atomic mass is 10.2. The molecular formula is C12H11BrFN3S2. The molecular weight excluding hydrogens is 349 g/mol. The van der Waals surface area contributed by atoms with Crippen LogP contribution in [-0.4, -0.2) is 16.7 Å². The van der Waals surface area contributed by atoms with Crippen molar-refractivity contribution in [2.24, 2.45) is 0 Å². The van der Waals surface area contributed by atoms with Crippen LogP contribution in [0.2, 0.25) is 0 Å². The predicted molar refractivity (Wildman–Crippen MR) is 82.3 cm³/mol. The van der Waals surface area contributed by atoms with E-state index in [-0.39, 0.29) is 5.82 Å². The number of nitrogens with one attached hydrogen (secondary N) is 1. The molecule has 0 atom stereocenters. The summed E-state index contributed by atoms with van der Waals surface area (Å²) in [5.74, 6) is 0.325. The summed E-state index contributed by atoms with van der Waals surface area (Å²) in [6, 6.07) is 5.06. The summed E-state index contributed by atoms with van der Waals surface area (Å²) in [5.41, 5.74) is 0.656. The van der Waals surface area contributed by atoms with E-state index >= 15 is 0 Å². The third-order valence-electron chi connectivity index (χ3n) is 2.17. The molecule has 2 aromatic rings. The Morgan fingerprint density at radius 1 is 1.47 bits per heavy atom. The first-order valence-electron chi connectivity index (χ1n) is 5.44. The second-order valence-corrected chi connectivity index (χ2v) is 6.68. The van der Waals surface area contributed by atoms with Crippen molar-refractivity contribution in [1.29, 1.82) is 0 Å². The van der Waals surface area contributed by atoms with E-state index in [0.29, 0.717) is 17.9 Å². The van der Waals surface area contributed by atoms with Gasteiger partial charge in [0, 0.05) is 16.8 Å². The molecule has 7 heteroatoms. The first-order valence-corrected chi connectivity index (χ1v) is 8.03. The molecule has 0 radical (unpaired) electrons. The number of thioether (sulfide) groups is 1. The second kappa shape index (κ2) is 7.02. The molecule has 0 amide bonds. The molecule has 1 aromatic carbocycles. The van der Waals surface area contributed by atoms with Gasteiger partial charge in [-0.05, 0) is 17.7 Å². The molecule has 0 saturated heterocycles. The highest BCUT2D eigenvalue weighted by molar-refractivity contribution is 9.10. The Morgan fingerprint density at radius 3 is 3.05 bits per heavy atom. The lowest BCUT2D eigenvalue weighted by Gasteiger charge is -2.01. The molecule has 0 saturated carbocycles. The highest BCUT2D eigenvalue weighted by atomic mass is 79.9. The molecule has 3 nitrogen and oxygen atoms in total. The third kappa shape index (κ3) is 4.29. The molecule has 0 aliphatic carbocycles. The fourth-order valence-electron chi connectivity index (χ4n) is 1.28. The molecule has 0 bridgehead atoms. The van der Waals surface area contributed by atoms with Gasteiger partial charge in [0.2, 0.25) is 5.13 Å². The summed E-state index contributed by atoms with van der Waals surface area (Å²) in [5, 5.41) is 11.8. The Balaban J connectivity index is 1.94. The Hall–Kier alpha value is -0.920. The van der Waals surface area contributed by atoms with Crippen LogP contribution in [0.1, 0.15) is 5.56 Å². The van der Waals surface area contributed by atoms with E-state index < -0.39 is 0 Å². The highest BCUT2D eigenvalue weighted by Gasteiger charge is 2.07. The van der Waals surface area contributed by atoms with Gasteiger partial charge in [-0.2, -0.15) is 0 Å². The average Bonchev–Trinajstić information content (AvgIpc) is 2.83. The maximum absolute atomic E-state index is 13.6. The van der Waals surface area contributed by atoms with Crippen molar-refractivity contribution in [3.8, 4) is 0 Å². The van der Waals surface area contributed by atoms with Gasteiger partial charge in [-0.1, -0.05) is 51.2 Å². The van der Waals surface area contributed by atoms with Crippen molar-refractivity contribution < 1.29 is 4.39 Å². The van der Waals surface area contributed by atoms with Gasteiger partial charge in [-0.15, -0.1) is 16.8 Å². The number of hydrogen-bond donors (Lipinski definition) is 1. The fourth-order valence-corrected chi connectivity index (χ4v) is 3.36. The van der Waals surface area contributed by atoms with Crippen LogP contribution >= 0.6 is 39.0 Å². The molecule has 0 aliphatic heterocycles. The number of aromatic nitrogens is 2. The minimum atomic E-state index is -0.212. The third-order valence-corrected chi connectivity index (χ3v) is 4.73. The van der Waals surface area contributed by atoms with E-state index in [9.17, 15) is 4.39 Å². The lowest BCUT2D eigenvalue weighted by Crippen LogP contribution is -1.96. The zero-order valence-corrected chi connectivity index (χ0v) is 13.1. The van der Waals surface area contributed by atoms with Gasteiger partial charge in [0.05, 0.1) is 0 Å². The van der Waals surface area contributed by atoms with Gasteiger partial charge in [0.15, 0.2) is 4.34 Å². The molecule has 2 rings (SSSR count). The van der Waals surface area contributed by atoms with E-state index in [1.165, 1.54) is 29.2 Å². The molecule has 1 aromatic heterocycles. The number of hydrogen-bond acceptors (Lipinski definition) is 5. The maximum atomic E-state index is 13.6. The summed E-state index contributed by atoms with van der Waals surface area (Å²) >= 11 is 6.16. The predicted octanol–water partition coefficient (Wildman–Crippen LogP) is 4.33. The van der Waals surface area contributed by atoms with E-state index in [4.69, 9.17) is 0 Å². The summed E-state index contributed by atoms with van der Waals surface area (Å²) < 4.78 is 15.2. The molecule has 1 heterocycles. The van der Waals surface area contributed by atoms with E-state index in [1.54, 1.807) is 12.1 Å². The normalized spacial score (nSPS) is 10.4. The van der Waals surface area contributed by atoms with Crippen LogP contribution in [0.5, 0.6) is 0 Å². The van der Waals surface area contributed by atoms with E-state index in [2.05, 4.69) is 38.0 Å². The Kier molecular flexibility index (Phi) is 5.35. The van der Waals surface area contributed by atoms with Crippen LogP contribution in [0.3, 0.4) is 0 Å². The summed E-state index contributed by atoms with van der Waals surface area (Å²) in [7, 11) is 0. The largest absolute Gasteiger partial charge is 0.357 e. The van der Waals surface area contributed by atoms with Crippen LogP contribution in [-0.2, 0) is 5.75 Å². The van der Waals surface area contributed by atoms with Gasteiger partial charge >= 0.3 is 0 Å². The van der Waals surface area contributed by atoms with Crippen molar-refractivity contribution in [3.05, 3.63) is 46.7 Å². The topological polar surface area (TPSA) is 37.8 Å². The molecule has 1 N–H and O–H groups in total. The van der Waals surface area contributed by atoms with Crippen molar-refractivity contribution in [2.45, 2.75) is 10.1 Å². The Labute approximate surface area is 127 Å². The van der Waals surface area contributed by atoms with Gasteiger partial charge in [0.1, 0.15) is 5.82 Å². The fraction of sp³-hybridized carbons (Fsp3) is 0.167. The van der Waals surface area contributed by atoms with Gasteiger partial charge in [-0.3, -0.25) is 0 Å². The summed E-state index contributed by atoms with van der Waals surface area (Å²) in [4.78, 5) is 0. The maximum Gasteiger partial charge on any atom is 0.206 e. The van der Waals surface area contributed by atoms with Crippen molar-refractivity contribution in [1.82, 2.24) is 10.2 Å². The standard InChI is InChI=1S/C12H11BrFN3S2/c1-2-5-15-11-16-17-12(19-11)18-7-8-3-4-9(13)6-10(8)14/h2-4,6H,1,5,7H2,(H,15,16). The number of nitrogens with zero attached hydrogens (tertiary/aromatic N) is 2. The smallest absolute Gasteiger partial charge is 0.206 e. The number of rotatable bonds is 6. The minimum absolute atomic E-state index is 0.212. The van der Waals surface area contributed by atoms with Crippen LogP contribution in [0.4, 0.5) is 9.52 Å². The molecule has 0 unspecified atom stereocenters. The molecule has 0 fully saturated rings. The average molecular weight is 360 g/mol. The SMILES string of the molecule is C=CCNc1nnc(SCc2ccc(Br)cc2F)s1. The first kappa shape index (κ1) is 14.5. The molecule has 100 valence electrons. The Morgan fingerprint density at radius 2 is 2.32 bits per heavy atom. The first-order chi connectivity index (χ1) is 9.19.